The van der Waals surface area contributed by atoms with E-state index in [1.807, 2.05) is 49.4 Å². The van der Waals surface area contributed by atoms with E-state index in [1.165, 1.54) is 0 Å². The van der Waals surface area contributed by atoms with E-state index in [2.05, 4.69) is 15.3 Å². The SMILES string of the molecule is C[C@H](NC(=O)CSc1nc2c(c(C(F)(F)F)n1)CCc1ccccc1-2)c1ccccc1. The van der Waals surface area contributed by atoms with Gasteiger partial charge in [-0.25, -0.2) is 9.97 Å². The van der Waals surface area contributed by atoms with Gasteiger partial charge in [0.05, 0.1) is 17.5 Å². The minimum atomic E-state index is -4.58. The Morgan fingerprint density at radius 3 is 2.52 bits per heavy atom. The lowest BCUT2D eigenvalue weighted by molar-refractivity contribution is -0.142. The van der Waals surface area contributed by atoms with E-state index in [9.17, 15) is 18.0 Å². The molecule has 1 atom stereocenters. The topological polar surface area (TPSA) is 54.9 Å². The molecular formula is C23H20F3N3OS. The van der Waals surface area contributed by atoms with Crippen LogP contribution in [0.1, 0.15) is 35.3 Å². The summed E-state index contributed by atoms with van der Waals surface area (Å²) in [7, 11) is 0. The first-order valence-corrected chi connectivity index (χ1v) is 10.8. The molecule has 0 saturated heterocycles. The second kappa shape index (κ2) is 8.70. The van der Waals surface area contributed by atoms with Gasteiger partial charge < -0.3 is 5.32 Å². The number of nitrogens with one attached hydrogen (secondary N) is 1. The summed E-state index contributed by atoms with van der Waals surface area (Å²) in [6.45, 7) is 1.85. The van der Waals surface area contributed by atoms with Crippen LogP contribution in [-0.2, 0) is 23.8 Å². The zero-order valence-corrected chi connectivity index (χ0v) is 17.6. The Balaban J connectivity index is 1.56. The Hall–Kier alpha value is -2.87. The standard InChI is InChI=1S/C23H20F3N3OS/c1-14(15-7-3-2-4-8-15)27-19(30)13-31-22-28-20-17-10-6-5-9-16(17)11-12-18(20)21(29-22)23(24,25)26/h2-10,14H,11-13H2,1H3,(H,27,30)/t14-/m0/s1. The van der Waals surface area contributed by atoms with E-state index in [1.54, 1.807) is 12.1 Å². The predicted molar refractivity (Wildman–Crippen MR) is 114 cm³/mol. The lowest BCUT2D eigenvalue weighted by atomic mass is 9.88. The van der Waals surface area contributed by atoms with Gasteiger partial charge >= 0.3 is 6.18 Å². The second-order valence-electron chi connectivity index (χ2n) is 7.33. The third-order valence-electron chi connectivity index (χ3n) is 5.18. The normalized spacial score (nSPS) is 13.8. The fourth-order valence-corrected chi connectivity index (χ4v) is 4.34. The third kappa shape index (κ3) is 4.74. The van der Waals surface area contributed by atoms with E-state index in [-0.39, 0.29) is 34.8 Å². The van der Waals surface area contributed by atoms with Gasteiger partial charge in [-0.05, 0) is 30.9 Å². The van der Waals surface area contributed by atoms with Crippen LogP contribution in [0.5, 0.6) is 0 Å². The molecule has 1 amide bonds. The van der Waals surface area contributed by atoms with Gasteiger partial charge in [0.25, 0.3) is 0 Å². The lowest BCUT2D eigenvalue weighted by Gasteiger charge is -2.22. The highest BCUT2D eigenvalue weighted by atomic mass is 32.2. The van der Waals surface area contributed by atoms with Crippen molar-refractivity contribution >= 4 is 17.7 Å². The molecule has 1 aliphatic rings. The average Bonchev–Trinajstić information content (AvgIpc) is 2.77. The van der Waals surface area contributed by atoms with E-state index in [0.717, 1.165) is 22.9 Å². The van der Waals surface area contributed by atoms with Crippen molar-refractivity contribution in [2.24, 2.45) is 0 Å². The Morgan fingerprint density at radius 2 is 1.77 bits per heavy atom. The molecule has 0 unspecified atom stereocenters. The summed E-state index contributed by atoms with van der Waals surface area (Å²) >= 11 is 0.909. The zero-order valence-electron chi connectivity index (χ0n) is 16.7. The molecule has 160 valence electrons. The van der Waals surface area contributed by atoms with E-state index in [4.69, 9.17) is 0 Å². The van der Waals surface area contributed by atoms with Crippen LogP contribution >= 0.6 is 11.8 Å². The fraction of sp³-hybridized carbons (Fsp3) is 0.261. The van der Waals surface area contributed by atoms with Crippen molar-refractivity contribution in [2.75, 3.05) is 5.75 Å². The predicted octanol–water partition coefficient (Wildman–Crippen LogP) is 5.23. The van der Waals surface area contributed by atoms with Crippen molar-refractivity contribution in [3.05, 3.63) is 77.0 Å². The van der Waals surface area contributed by atoms with Crippen LogP contribution in [0.2, 0.25) is 0 Å². The molecule has 0 fully saturated rings. The Labute approximate surface area is 182 Å². The van der Waals surface area contributed by atoms with Crippen LogP contribution in [0.25, 0.3) is 11.3 Å². The van der Waals surface area contributed by atoms with Crippen molar-refractivity contribution < 1.29 is 18.0 Å². The molecule has 1 heterocycles. The van der Waals surface area contributed by atoms with E-state index in [0.29, 0.717) is 17.7 Å². The van der Waals surface area contributed by atoms with Gasteiger partial charge in [-0.2, -0.15) is 13.2 Å². The molecule has 31 heavy (non-hydrogen) atoms. The number of aromatic nitrogens is 2. The first-order chi connectivity index (χ1) is 14.8. The number of rotatable bonds is 5. The maximum atomic E-state index is 13.7. The molecule has 2 aromatic carbocycles. The number of fused-ring (bicyclic) bond motifs is 3. The summed E-state index contributed by atoms with van der Waals surface area (Å²) in [6.07, 6.45) is -3.83. The molecule has 1 aromatic heterocycles. The molecule has 0 bridgehead atoms. The number of hydrogen-bond acceptors (Lipinski definition) is 4. The molecule has 1 N–H and O–H groups in total. The van der Waals surface area contributed by atoms with Crippen LogP contribution in [-0.4, -0.2) is 21.6 Å². The van der Waals surface area contributed by atoms with Crippen LogP contribution in [0.15, 0.2) is 59.8 Å². The Morgan fingerprint density at radius 1 is 1.06 bits per heavy atom. The maximum Gasteiger partial charge on any atom is 0.433 e. The Kier molecular flexibility index (Phi) is 6.00. The van der Waals surface area contributed by atoms with Crippen LogP contribution in [0, 0.1) is 0 Å². The number of amides is 1. The largest absolute Gasteiger partial charge is 0.433 e. The second-order valence-corrected chi connectivity index (χ2v) is 8.27. The van der Waals surface area contributed by atoms with Crippen LogP contribution < -0.4 is 5.32 Å². The number of alkyl halides is 3. The molecule has 3 aromatic rings. The van der Waals surface area contributed by atoms with Crippen molar-refractivity contribution in [1.82, 2.24) is 15.3 Å². The summed E-state index contributed by atoms with van der Waals surface area (Å²) < 4.78 is 41.1. The first-order valence-electron chi connectivity index (χ1n) is 9.86. The van der Waals surface area contributed by atoms with E-state index < -0.39 is 11.9 Å². The number of benzene rings is 2. The van der Waals surface area contributed by atoms with Gasteiger partial charge in [-0.1, -0.05) is 66.4 Å². The van der Waals surface area contributed by atoms with Crippen molar-refractivity contribution in [3.8, 4) is 11.3 Å². The highest BCUT2D eigenvalue weighted by molar-refractivity contribution is 7.99. The monoisotopic (exact) mass is 443 g/mol. The minimum Gasteiger partial charge on any atom is -0.349 e. The number of carbonyl (C=O) groups is 1. The van der Waals surface area contributed by atoms with Gasteiger partial charge in [-0.15, -0.1) is 0 Å². The molecule has 0 saturated carbocycles. The highest BCUT2D eigenvalue weighted by Crippen LogP contribution is 2.40. The molecule has 4 nitrogen and oxygen atoms in total. The number of thioether (sulfide) groups is 1. The van der Waals surface area contributed by atoms with Crippen molar-refractivity contribution in [2.45, 2.75) is 37.1 Å². The van der Waals surface area contributed by atoms with Gasteiger partial charge in [0, 0.05) is 11.1 Å². The van der Waals surface area contributed by atoms with Gasteiger partial charge in [-0.3, -0.25) is 4.79 Å². The average molecular weight is 443 g/mol. The maximum absolute atomic E-state index is 13.7. The minimum absolute atomic E-state index is 0.0507. The molecule has 0 radical (unpaired) electrons. The number of aryl methyl sites for hydroxylation is 1. The number of nitrogens with zero attached hydrogens (tertiary/aromatic N) is 2. The van der Waals surface area contributed by atoms with Crippen LogP contribution in [0.4, 0.5) is 13.2 Å². The van der Waals surface area contributed by atoms with Gasteiger partial charge in [0.1, 0.15) is 0 Å². The fourth-order valence-electron chi connectivity index (χ4n) is 3.69. The van der Waals surface area contributed by atoms with Crippen molar-refractivity contribution in [1.29, 1.82) is 0 Å². The number of hydrogen-bond donors (Lipinski definition) is 1. The summed E-state index contributed by atoms with van der Waals surface area (Å²) in [5, 5.41) is 2.80. The number of carbonyl (C=O) groups excluding carboxylic acids is 1. The van der Waals surface area contributed by atoms with E-state index >= 15 is 0 Å². The smallest absolute Gasteiger partial charge is 0.349 e. The zero-order chi connectivity index (χ0) is 22.0. The molecule has 0 aliphatic heterocycles. The highest BCUT2D eigenvalue weighted by Gasteiger charge is 2.38. The lowest BCUT2D eigenvalue weighted by Crippen LogP contribution is -2.28. The molecular weight excluding hydrogens is 423 g/mol. The molecule has 0 spiro atoms. The summed E-state index contributed by atoms with van der Waals surface area (Å²) in [5.41, 5.74) is 2.13. The molecule has 1 aliphatic carbocycles. The molecule has 4 rings (SSSR count). The third-order valence-corrected chi connectivity index (χ3v) is 6.03. The van der Waals surface area contributed by atoms with Gasteiger partial charge in [0.15, 0.2) is 10.9 Å². The van der Waals surface area contributed by atoms with Crippen molar-refractivity contribution in [3.63, 3.8) is 0 Å². The number of halogens is 3. The Bertz CT molecular complexity index is 1100. The summed E-state index contributed by atoms with van der Waals surface area (Å²) in [5.74, 6) is -0.369. The summed E-state index contributed by atoms with van der Waals surface area (Å²) in [4.78, 5) is 20.6. The quantitative estimate of drug-likeness (QED) is 0.433. The molecule has 8 heteroatoms. The van der Waals surface area contributed by atoms with Gasteiger partial charge in [0.2, 0.25) is 5.91 Å². The summed E-state index contributed by atoms with van der Waals surface area (Å²) in [6, 6.07) is 16.6. The van der Waals surface area contributed by atoms with Crippen LogP contribution in [0.3, 0.4) is 0 Å². The first kappa shape index (κ1) is 21.4.